The van der Waals surface area contributed by atoms with Gasteiger partial charge < -0.3 is 9.84 Å². The molecule has 0 saturated carbocycles. The molecule has 0 amide bonds. The Morgan fingerprint density at radius 2 is 1.96 bits per heavy atom. The third-order valence-electron chi connectivity index (χ3n) is 3.99. The highest BCUT2D eigenvalue weighted by Gasteiger charge is 2.13. The summed E-state index contributed by atoms with van der Waals surface area (Å²) in [6.07, 6.45) is 4.68. The molecule has 1 aromatic heterocycles. The number of nitrogens with zero attached hydrogens (tertiary/aromatic N) is 2. The van der Waals surface area contributed by atoms with Gasteiger partial charge in [-0.3, -0.25) is 0 Å². The lowest BCUT2D eigenvalue weighted by atomic mass is 10.1. The second-order valence-corrected chi connectivity index (χ2v) is 5.45. The zero-order valence-corrected chi connectivity index (χ0v) is 12.3. The van der Waals surface area contributed by atoms with Crippen LogP contribution in [0.2, 0.25) is 0 Å². The van der Waals surface area contributed by atoms with Crippen LogP contribution in [0.25, 0.3) is 16.8 Å². The number of carboxylic acid groups (broad SMARTS) is 1. The van der Waals surface area contributed by atoms with Crippen molar-refractivity contribution in [3.05, 3.63) is 66.0 Å². The van der Waals surface area contributed by atoms with Gasteiger partial charge in [-0.05, 0) is 41.5 Å². The van der Waals surface area contributed by atoms with Gasteiger partial charge >= 0.3 is 5.97 Å². The maximum atomic E-state index is 10.9. The van der Waals surface area contributed by atoms with Gasteiger partial charge in [0.05, 0.1) is 24.1 Å². The Morgan fingerprint density at radius 3 is 2.74 bits per heavy atom. The second kappa shape index (κ2) is 5.28. The molecule has 1 aliphatic heterocycles. The topological polar surface area (TPSA) is 64.3 Å². The van der Waals surface area contributed by atoms with Crippen LogP contribution in [0.4, 0.5) is 0 Å². The van der Waals surface area contributed by atoms with Gasteiger partial charge in [0, 0.05) is 18.2 Å². The van der Waals surface area contributed by atoms with Crippen molar-refractivity contribution in [2.24, 2.45) is 0 Å². The molecule has 23 heavy (non-hydrogen) atoms. The van der Waals surface area contributed by atoms with Gasteiger partial charge in [0.25, 0.3) is 0 Å². The van der Waals surface area contributed by atoms with Crippen molar-refractivity contribution < 1.29 is 14.6 Å². The number of ether oxygens (including phenoxy) is 1. The number of aromatic carboxylic acids is 1. The van der Waals surface area contributed by atoms with E-state index in [2.05, 4.69) is 17.2 Å². The van der Waals surface area contributed by atoms with Crippen LogP contribution in [0.3, 0.4) is 0 Å². The highest BCUT2D eigenvalue weighted by molar-refractivity contribution is 5.87. The van der Waals surface area contributed by atoms with Crippen LogP contribution in [0, 0.1) is 0 Å². The fraction of sp³-hybridized carbons (Fsp3) is 0.111. The smallest absolute Gasteiger partial charge is 0.335 e. The average Bonchev–Trinajstić information content (AvgIpc) is 3.23. The van der Waals surface area contributed by atoms with Gasteiger partial charge in [-0.15, -0.1) is 0 Å². The van der Waals surface area contributed by atoms with Gasteiger partial charge in [-0.1, -0.05) is 12.1 Å². The molecule has 0 fully saturated rings. The molecule has 0 atom stereocenters. The average molecular weight is 306 g/mol. The van der Waals surface area contributed by atoms with Gasteiger partial charge in [0.2, 0.25) is 0 Å². The van der Waals surface area contributed by atoms with Crippen LogP contribution in [0.1, 0.15) is 15.9 Å². The number of carbonyl (C=O) groups is 1. The van der Waals surface area contributed by atoms with Crippen molar-refractivity contribution in [3.63, 3.8) is 0 Å². The van der Waals surface area contributed by atoms with Crippen molar-refractivity contribution in [1.82, 2.24) is 9.78 Å². The SMILES string of the molecule is O=C(O)c1ccc(-n2cc(-c3ccc4c(c3)OCC4)cn2)cc1. The van der Waals surface area contributed by atoms with E-state index in [0.29, 0.717) is 0 Å². The Kier molecular flexibility index (Phi) is 3.12. The molecular weight excluding hydrogens is 292 g/mol. The van der Waals surface area contributed by atoms with Crippen LogP contribution in [0.15, 0.2) is 54.9 Å². The molecule has 5 nitrogen and oxygen atoms in total. The largest absolute Gasteiger partial charge is 0.493 e. The minimum Gasteiger partial charge on any atom is -0.493 e. The highest BCUT2D eigenvalue weighted by Crippen LogP contribution is 2.31. The zero-order chi connectivity index (χ0) is 15.8. The predicted molar refractivity (Wildman–Crippen MR) is 85.2 cm³/mol. The Hall–Kier alpha value is -3.08. The van der Waals surface area contributed by atoms with Gasteiger partial charge in [-0.25, -0.2) is 9.48 Å². The number of aromatic nitrogens is 2. The summed E-state index contributed by atoms with van der Waals surface area (Å²) in [5.41, 5.74) is 4.37. The van der Waals surface area contributed by atoms with E-state index in [9.17, 15) is 4.79 Å². The normalized spacial score (nSPS) is 12.7. The van der Waals surface area contributed by atoms with E-state index in [1.807, 2.05) is 12.3 Å². The van der Waals surface area contributed by atoms with Crippen molar-refractivity contribution >= 4 is 5.97 Å². The summed E-state index contributed by atoms with van der Waals surface area (Å²) < 4.78 is 7.34. The standard InChI is InChI=1S/C18H14N2O3/c21-18(22)13-3-5-16(6-4-13)20-11-15(10-19-20)14-2-1-12-7-8-23-17(12)9-14/h1-6,9-11H,7-8H2,(H,21,22). The minimum absolute atomic E-state index is 0.261. The fourth-order valence-corrected chi connectivity index (χ4v) is 2.72. The van der Waals surface area contributed by atoms with E-state index in [1.54, 1.807) is 35.1 Å². The van der Waals surface area contributed by atoms with E-state index in [-0.39, 0.29) is 5.56 Å². The molecule has 0 unspecified atom stereocenters. The maximum absolute atomic E-state index is 10.9. The molecule has 3 aromatic rings. The third-order valence-corrected chi connectivity index (χ3v) is 3.99. The summed E-state index contributed by atoms with van der Waals surface area (Å²) >= 11 is 0. The van der Waals surface area contributed by atoms with Crippen LogP contribution >= 0.6 is 0 Å². The van der Waals surface area contributed by atoms with Crippen molar-refractivity contribution in [2.45, 2.75) is 6.42 Å². The molecule has 2 aromatic carbocycles. The summed E-state index contributed by atoms with van der Waals surface area (Å²) in [5.74, 6) is 0.0110. The lowest BCUT2D eigenvalue weighted by Crippen LogP contribution is -1.98. The first-order valence-corrected chi connectivity index (χ1v) is 7.35. The van der Waals surface area contributed by atoms with E-state index >= 15 is 0 Å². The molecule has 1 N–H and O–H groups in total. The molecule has 5 heteroatoms. The summed E-state index contributed by atoms with van der Waals surface area (Å²) in [4.78, 5) is 10.9. The van der Waals surface area contributed by atoms with Gasteiger partial charge in [-0.2, -0.15) is 5.10 Å². The molecular formula is C18H14N2O3. The predicted octanol–water partition coefficient (Wildman–Crippen LogP) is 3.17. The number of benzene rings is 2. The lowest BCUT2D eigenvalue weighted by Gasteiger charge is -2.03. The van der Waals surface area contributed by atoms with Crippen LogP contribution in [-0.4, -0.2) is 27.5 Å². The molecule has 0 saturated heterocycles. The van der Waals surface area contributed by atoms with E-state index in [4.69, 9.17) is 9.84 Å². The highest BCUT2D eigenvalue weighted by atomic mass is 16.5. The van der Waals surface area contributed by atoms with Crippen LogP contribution in [0.5, 0.6) is 5.75 Å². The van der Waals surface area contributed by atoms with Crippen molar-refractivity contribution in [2.75, 3.05) is 6.61 Å². The number of carboxylic acids is 1. The fourth-order valence-electron chi connectivity index (χ4n) is 2.72. The van der Waals surface area contributed by atoms with Gasteiger partial charge in [0.15, 0.2) is 0 Å². The lowest BCUT2D eigenvalue weighted by molar-refractivity contribution is 0.0697. The third kappa shape index (κ3) is 2.46. The molecule has 1 aliphatic rings. The molecule has 0 spiro atoms. The minimum atomic E-state index is -0.934. The number of rotatable bonds is 3. The van der Waals surface area contributed by atoms with Crippen molar-refractivity contribution in [3.8, 4) is 22.6 Å². The molecule has 0 aliphatic carbocycles. The molecule has 0 bridgehead atoms. The Morgan fingerprint density at radius 1 is 1.13 bits per heavy atom. The number of fused-ring (bicyclic) bond motifs is 1. The summed E-state index contributed by atoms with van der Waals surface area (Å²) in [7, 11) is 0. The first-order chi connectivity index (χ1) is 11.2. The monoisotopic (exact) mass is 306 g/mol. The van der Waals surface area contributed by atoms with Crippen molar-refractivity contribution in [1.29, 1.82) is 0 Å². The van der Waals surface area contributed by atoms with E-state index in [0.717, 1.165) is 35.6 Å². The second-order valence-electron chi connectivity index (χ2n) is 5.45. The molecule has 114 valence electrons. The van der Waals surface area contributed by atoms with Gasteiger partial charge in [0.1, 0.15) is 5.75 Å². The van der Waals surface area contributed by atoms with Crippen LogP contribution in [-0.2, 0) is 6.42 Å². The van der Waals surface area contributed by atoms with E-state index < -0.39 is 5.97 Å². The zero-order valence-electron chi connectivity index (χ0n) is 12.3. The quantitative estimate of drug-likeness (QED) is 0.807. The van der Waals surface area contributed by atoms with E-state index in [1.165, 1.54) is 5.56 Å². The molecule has 0 radical (unpaired) electrons. The van der Waals surface area contributed by atoms with Crippen LogP contribution < -0.4 is 4.74 Å². The molecule has 2 heterocycles. The maximum Gasteiger partial charge on any atom is 0.335 e. The summed E-state index contributed by atoms with van der Waals surface area (Å²) in [6, 6.07) is 12.8. The first-order valence-electron chi connectivity index (χ1n) is 7.35. The Labute approximate surface area is 132 Å². The molecule has 4 rings (SSSR count). The first kappa shape index (κ1) is 13.6. The summed E-state index contributed by atoms with van der Waals surface area (Å²) in [6.45, 7) is 0.744. The number of hydrogen-bond acceptors (Lipinski definition) is 3. The number of hydrogen-bond donors (Lipinski definition) is 1. The Balaban J connectivity index is 1.65. The Bertz CT molecular complexity index is 882. The summed E-state index contributed by atoms with van der Waals surface area (Å²) in [5, 5.41) is 13.3.